The molecule has 0 radical (unpaired) electrons. The molecule has 0 unspecified atom stereocenters. The van der Waals surface area contributed by atoms with Gasteiger partial charge in [0.1, 0.15) is 6.04 Å². The van der Waals surface area contributed by atoms with Gasteiger partial charge in [0, 0.05) is 6.20 Å². The maximum Gasteiger partial charge on any atom is 0.176 e. The average molecular weight is 308 g/mol. The van der Waals surface area contributed by atoms with E-state index in [1.165, 1.54) is 0 Å². The lowest BCUT2D eigenvalue weighted by atomic mass is 9.89. The van der Waals surface area contributed by atoms with Crippen LogP contribution in [0.25, 0.3) is 6.08 Å². The Balaban J connectivity index is 1.85. The highest BCUT2D eigenvalue weighted by Gasteiger charge is 2.52. The smallest absolute Gasteiger partial charge is 0.176 e. The minimum atomic E-state index is -0.975. The van der Waals surface area contributed by atoms with Crippen molar-refractivity contribution in [3.05, 3.63) is 71.9 Å². The van der Waals surface area contributed by atoms with Gasteiger partial charge in [0.15, 0.2) is 4.87 Å². The Bertz CT molecular complexity index is 780. The second-order valence-corrected chi connectivity index (χ2v) is 6.27. The van der Waals surface area contributed by atoms with Gasteiger partial charge in [0.25, 0.3) is 0 Å². The van der Waals surface area contributed by atoms with Crippen LogP contribution in [0, 0.1) is 11.3 Å². The number of para-hydroxylation sites is 1. The molecule has 3 nitrogen and oxygen atoms in total. The summed E-state index contributed by atoms with van der Waals surface area (Å²) in [4.78, 5) is -0.975. The molecule has 2 aromatic rings. The maximum atomic E-state index is 9.70. The second-order valence-electron chi connectivity index (χ2n) is 5.59. The molecule has 0 N–H and O–H groups in total. The number of benzene rings is 2. The molecule has 0 amide bonds. The van der Waals surface area contributed by atoms with E-state index < -0.39 is 4.87 Å². The van der Waals surface area contributed by atoms with Crippen molar-refractivity contribution in [2.45, 2.75) is 10.9 Å². The third-order valence-electron chi connectivity index (χ3n) is 4.29. The van der Waals surface area contributed by atoms with E-state index in [-0.39, 0.29) is 6.04 Å². The van der Waals surface area contributed by atoms with E-state index in [0.29, 0.717) is 6.54 Å². The van der Waals surface area contributed by atoms with Crippen LogP contribution in [0.1, 0.15) is 17.2 Å². The number of nitriles is 1. The first-order valence-electron chi connectivity index (χ1n) is 7.21. The summed E-state index contributed by atoms with van der Waals surface area (Å²) in [6, 6.07) is 20.3. The summed E-state index contributed by atoms with van der Waals surface area (Å²) in [5, 5.41) is 13.8. The zero-order chi connectivity index (χ0) is 15.2. The number of hydrogen-bond donors (Lipinski definition) is 0. The minimum Gasteiger partial charge on any atom is -0.282 e. The van der Waals surface area contributed by atoms with Crippen LogP contribution in [-0.4, -0.2) is 16.4 Å². The van der Waals surface area contributed by atoms with Gasteiger partial charge in [-0.15, -0.1) is 0 Å². The van der Waals surface area contributed by atoms with E-state index in [1.54, 1.807) is 0 Å². The summed E-state index contributed by atoms with van der Waals surface area (Å²) < 4.78 is 0. The molecule has 2 aliphatic rings. The quantitative estimate of drug-likeness (QED) is 0.747. The van der Waals surface area contributed by atoms with Crippen molar-refractivity contribution in [3.8, 4) is 6.07 Å². The van der Waals surface area contributed by atoms with Crippen molar-refractivity contribution < 1.29 is 0 Å². The number of anilines is 1. The van der Waals surface area contributed by atoms with Crippen molar-refractivity contribution in [2.24, 2.45) is 0 Å². The number of hydrogen-bond acceptors (Lipinski definition) is 3. The molecular formula is C18H14ClN3. The number of alkyl halides is 1. The molecule has 0 aliphatic carbocycles. The van der Waals surface area contributed by atoms with Crippen molar-refractivity contribution in [2.75, 3.05) is 11.6 Å². The highest BCUT2D eigenvalue weighted by molar-refractivity contribution is 6.27. The zero-order valence-electron chi connectivity index (χ0n) is 11.9. The molecule has 1 saturated heterocycles. The van der Waals surface area contributed by atoms with Gasteiger partial charge in [-0.2, -0.15) is 5.26 Å². The molecular weight excluding hydrogens is 294 g/mol. The molecule has 0 saturated carbocycles. The fraction of sp³-hybridized carbons (Fsp3) is 0.167. The Morgan fingerprint density at radius 3 is 2.59 bits per heavy atom. The molecule has 1 fully saturated rings. The predicted octanol–water partition coefficient (Wildman–Crippen LogP) is 3.95. The first-order valence-corrected chi connectivity index (χ1v) is 7.59. The summed E-state index contributed by atoms with van der Waals surface area (Å²) in [5.41, 5.74) is 3.26. The molecule has 22 heavy (non-hydrogen) atoms. The molecule has 2 aromatic carbocycles. The van der Waals surface area contributed by atoms with E-state index in [4.69, 9.17) is 11.6 Å². The largest absolute Gasteiger partial charge is 0.282 e. The van der Waals surface area contributed by atoms with E-state index in [0.717, 1.165) is 16.8 Å². The fourth-order valence-electron chi connectivity index (χ4n) is 3.28. The lowest BCUT2D eigenvalue weighted by molar-refractivity contribution is 0.318. The van der Waals surface area contributed by atoms with Gasteiger partial charge in [0.05, 0.1) is 18.3 Å². The highest BCUT2D eigenvalue weighted by Crippen LogP contribution is 2.48. The Hall–Kier alpha value is -2.44. The van der Waals surface area contributed by atoms with Crippen molar-refractivity contribution in [1.82, 2.24) is 5.01 Å². The topological polar surface area (TPSA) is 30.3 Å². The lowest BCUT2D eigenvalue weighted by Gasteiger charge is -2.36. The van der Waals surface area contributed by atoms with Gasteiger partial charge in [-0.25, -0.2) is 0 Å². The second kappa shape index (κ2) is 4.79. The van der Waals surface area contributed by atoms with Gasteiger partial charge in [0.2, 0.25) is 0 Å². The molecule has 2 heterocycles. The molecule has 0 bridgehead atoms. The molecule has 108 valence electrons. The van der Waals surface area contributed by atoms with Crippen LogP contribution in [0.3, 0.4) is 0 Å². The summed E-state index contributed by atoms with van der Waals surface area (Å²) in [6.45, 7) is 0.457. The third kappa shape index (κ3) is 1.81. The van der Waals surface area contributed by atoms with Gasteiger partial charge in [-0.3, -0.25) is 10.0 Å². The van der Waals surface area contributed by atoms with E-state index >= 15 is 0 Å². The Kier molecular flexibility index (Phi) is 2.88. The van der Waals surface area contributed by atoms with Crippen molar-refractivity contribution in [3.63, 3.8) is 0 Å². The number of halogens is 1. The molecule has 0 spiro atoms. The SMILES string of the molecule is N#C[C@@]1(Cl)CN(c2ccccc2)N2C=Cc3ccccc3[C@@H]21. The summed E-state index contributed by atoms with van der Waals surface area (Å²) in [6.07, 6.45) is 4.09. The Morgan fingerprint density at radius 1 is 1.09 bits per heavy atom. The van der Waals surface area contributed by atoms with Gasteiger partial charge in [-0.05, 0) is 29.3 Å². The Morgan fingerprint density at radius 2 is 1.82 bits per heavy atom. The number of fused-ring (bicyclic) bond motifs is 3. The van der Waals surface area contributed by atoms with Gasteiger partial charge >= 0.3 is 0 Å². The van der Waals surface area contributed by atoms with Crippen molar-refractivity contribution >= 4 is 23.4 Å². The Labute approximate surface area is 134 Å². The van der Waals surface area contributed by atoms with Crippen LogP contribution in [0.5, 0.6) is 0 Å². The number of rotatable bonds is 1. The highest BCUT2D eigenvalue weighted by atomic mass is 35.5. The minimum absolute atomic E-state index is 0.180. The molecule has 4 heteroatoms. The summed E-state index contributed by atoms with van der Waals surface area (Å²) in [5.74, 6) is 0. The average Bonchev–Trinajstić information content (AvgIpc) is 2.90. The van der Waals surface area contributed by atoms with Crippen LogP contribution < -0.4 is 5.01 Å². The van der Waals surface area contributed by atoms with E-state index in [2.05, 4.69) is 34.3 Å². The standard InChI is InChI=1S/C18H14ClN3/c19-18(12-20)13-22(15-7-2-1-3-8-15)21-11-10-14-6-4-5-9-16(14)17(18)21/h1-11,17H,13H2/t17-,18-/m1/s1. The number of nitrogens with zero attached hydrogens (tertiary/aromatic N) is 3. The monoisotopic (exact) mass is 307 g/mol. The lowest BCUT2D eigenvalue weighted by Crippen LogP contribution is -2.35. The zero-order valence-corrected chi connectivity index (χ0v) is 12.6. The predicted molar refractivity (Wildman–Crippen MR) is 88.0 cm³/mol. The van der Waals surface area contributed by atoms with E-state index in [1.807, 2.05) is 48.7 Å². The van der Waals surface area contributed by atoms with E-state index in [9.17, 15) is 5.26 Å². The summed E-state index contributed by atoms with van der Waals surface area (Å²) >= 11 is 6.72. The van der Waals surface area contributed by atoms with Crippen LogP contribution >= 0.6 is 11.6 Å². The fourth-order valence-corrected chi connectivity index (χ4v) is 3.61. The molecule has 4 rings (SSSR count). The molecule has 0 aromatic heterocycles. The van der Waals surface area contributed by atoms with Crippen LogP contribution in [0.15, 0.2) is 60.8 Å². The first-order chi connectivity index (χ1) is 10.7. The summed E-state index contributed by atoms with van der Waals surface area (Å²) in [7, 11) is 0. The van der Waals surface area contributed by atoms with Crippen LogP contribution in [0.2, 0.25) is 0 Å². The van der Waals surface area contributed by atoms with Crippen LogP contribution in [0.4, 0.5) is 5.69 Å². The molecule has 2 atom stereocenters. The molecule has 2 aliphatic heterocycles. The van der Waals surface area contributed by atoms with Crippen LogP contribution in [-0.2, 0) is 0 Å². The van der Waals surface area contributed by atoms with Gasteiger partial charge < -0.3 is 0 Å². The third-order valence-corrected chi connectivity index (χ3v) is 4.70. The normalized spacial score (nSPS) is 25.5. The van der Waals surface area contributed by atoms with Crippen molar-refractivity contribution in [1.29, 1.82) is 5.26 Å². The maximum absolute atomic E-state index is 9.70. The van der Waals surface area contributed by atoms with Gasteiger partial charge in [-0.1, -0.05) is 54.1 Å². The first kappa shape index (κ1) is 13.2. The number of hydrazine groups is 1.